The van der Waals surface area contributed by atoms with Crippen molar-refractivity contribution in [2.45, 2.75) is 31.7 Å². The highest BCUT2D eigenvalue weighted by Crippen LogP contribution is 2.52. The number of methoxy groups -OCH3 is 1. The number of nitrogens with zero attached hydrogens (tertiary/aromatic N) is 1. The fraction of sp³-hybridized carbons (Fsp3) is 0.538. The molecule has 18 heavy (non-hydrogen) atoms. The van der Waals surface area contributed by atoms with Gasteiger partial charge in [0.1, 0.15) is 5.75 Å². The van der Waals surface area contributed by atoms with Crippen LogP contribution in [0.5, 0.6) is 5.75 Å². The first kappa shape index (κ1) is 13.1. The summed E-state index contributed by atoms with van der Waals surface area (Å²) in [4.78, 5) is 0. The second kappa shape index (κ2) is 5.52. The maximum absolute atomic E-state index is 10.7. The van der Waals surface area contributed by atoms with E-state index in [4.69, 9.17) is 4.74 Å². The van der Waals surface area contributed by atoms with Crippen LogP contribution in [-0.4, -0.2) is 21.6 Å². The molecule has 1 aliphatic carbocycles. The minimum atomic E-state index is -2.31. The lowest BCUT2D eigenvalue weighted by atomic mass is 10.1. The predicted molar refractivity (Wildman–Crippen MR) is 69.3 cm³/mol. The molecule has 1 aliphatic rings. The van der Waals surface area contributed by atoms with Gasteiger partial charge in [0.25, 0.3) is 0 Å². The van der Waals surface area contributed by atoms with Crippen LogP contribution in [0.15, 0.2) is 28.6 Å². The Balaban J connectivity index is 2.18. The summed E-state index contributed by atoms with van der Waals surface area (Å²) in [7, 11) is -0.678. The molecule has 0 heterocycles. The Kier molecular flexibility index (Phi) is 4.01. The second-order valence-electron chi connectivity index (χ2n) is 4.56. The van der Waals surface area contributed by atoms with Crippen LogP contribution in [0.3, 0.4) is 0 Å². The van der Waals surface area contributed by atoms with E-state index < -0.39 is 10.5 Å². The molecule has 1 aromatic rings. The molecule has 0 spiro atoms. The molecule has 2 rings (SSSR count). The molecule has 0 amide bonds. The minimum Gasteiger partial charge on any atom is -0.497 e. The Morgan fingerprint density at radius 2 is 1.94 bits per heavy atom. The zero-order chi connectivity index (χ0) is 13.1. The second-order valence-corrected chi connectivity index (χ2v) is 5.21. The lowest BCUT2D eigenvalue weighted by molar-refractivity contribution is 0.414. The molecule has 1 aromatic carbocycles. The van der Waals surface area contributed by atoms with Crippen molar-refractivity contribution >= 4 is 10.5 Å². The molecule has 1 saturated carbocycles. The summed E-state index contributed by atoms with van der Waals surface area (Å²) in [6, 6.07) is 7.73. The van der Waals surface area contributed by atoms with Crippen LogP contribution < -0.4 is 4.74 Å². The first-order valence-electron chi connectivity index (χ1n) is 6.11. The monoisotopic (exact) mass is 267 g/mol. The molecule has 0 bridgehead atoms. The van der Waals surface area contributed by atoms with Crippen molar-refractivity contribution in [3.63, 3.8) is 0 Å². The summed E-state index contributed by atoms with van der Waals surface area (Å²) in [5, 5.41) is 0. The van der Waals surface area contributed by atoms with Gasteiger partial charge in [0, 0.05) is 5.92 Å². The smallest absolute Gasteiger partial charge is 0.311 e. The number of ether oxygens (including phenoxy) is 1. The molecule has 5 heteroatoms. The van der Waals surface area contributed by atoms with Gasteiger partial charge < -0.3 is 4.74 Å². The quantitative estimate of drug-likeness (QED) is 0.824. The Morgan fingerprint density at radius 1 is 1.28 bits per heavy atom. The summed E-state index contributed by atoms with van der Waals surface area (Å²) >= 11 is 0. The van der Waals surface area contributed by atoms with E-state index in [0.29, 0.717) is 5.92 Å². The van der Waals surface area contributed by atoms with Gasteiger partial charge in [-0.25, -0.2) is 0 Å². The third-order valence-corrected chi connectivity index (χ3v) is 3.87. The molecule has 0 radical (unpaired) electrons. The van der Waals surface area contributed by atoms with Gasteiger partial charge in [-0.05, 0) is 30.0 Å². The van der Waals surface area contributed by atoms with Crippen LogP contribution in [0.4, 0.5) is 0 Å². The van der Waals surface area contributed by atoms with Crippen molar-refractivity contribution in [3.8, 4) is 5.75 Å². The largest absolute Gasteiger partial charge is 0.497 e. The van der Waals surface area contributed by atoms with E-state index in [0.717, 1.165) is 24.2 Å². The number of benzene rings is 1. The summed E-state index contributed by atoms with van der Waals surface area (Å²) in [6.45, 7) is 2.11. The fourth-order valence-electron chi connectivity index (χ4n) is 2.55. The maximum atomic E-state index is 10.7. The molecule has 0 aromatic heterocycles. The molecule has 4 nitrogen and oxygen atoms in total. The highest BCUT2D eigenvalue weighted by atomic mass is 32.2. The van der Waals surface area contributed by atoms with Gasteiger partial charge >= 0.3 is 10.5 Å². The molecule has 0 aliphatic heterocycles. The number of hydrogen-bond acceptors (Lipinski definition) is 4. The van der Waals surface area contributed by atoms with Crippen LogP contribution in [0.25, 0.3) is 0 Å². The molecule has 0 saturated heterocycles. The zero-order valence-corrected chi connectivity index (χ0v) is 11.4. The maximum Gasteiger partial charge on any atom is 0.311 e. The van der Waals surface area contributed by atoms with Gasteiger partial charge in [0.2, 0.25) is 0 Å². The first-order valence-corrected chi connectivity index (χ1v) is 7.14. The van der Waals surface area contributed by atoms with Crippen molar-refractivity contribution in [2.75, 3.05) is 7.11 Å². The van der Waals surface area contributed by atoms with E-state index in [2.05, 4.69) is 11.3 Å². The highest BCUT2D eigenvalue weighted by molar-refractivity contribution is 7.61. The van der Waals surface area contributed by atoms with Gasteiger partial charge in [-0.2, -0.15) is 12.8 Å². The molecular formula is C13H17NO3S. The lowest BCUT2D eigenvalue weighted by Gasteiger charge is -2.02. The normalized spacial score (nSPS) is 25.6. The average Bonchev–Trinajstić information content (AvgIpc) is 3.02. The van der Waals surface area contributed by atoms with Crippen LogP contribution in [0.2, 0.25) is 0 Å². The van der Waals surface area contributed by atoms with Crippen LogP contribution in [0, 0.1) is 5.92 Å². The van der Waals surface area contributed by atoms with E-state index in [1.165, 1.54) is 0 Å². The molecule has 0 N–H and O–H groups in total. The molecule has 98 valence electrons. The average molecular weight is 267 g/mol. The standard InChI is InChI=1S/C13H17NO3S/c1-3-4-11-12(13(11)14-18(15)16)9-5-7-10(17-2)8-6-9/h5-8,11-13H,3-4H2,1-2H3. The Bertz CT molecular complexity index is 528. The number of rotatable bonds is 5. The summed E-state index contributed by atoms with van der Waals surface area (Å²) in [6.07, 6.45) is 2.07. The Hall–Kier alpha value is -1.36. The van der Waals surface area contributed by atoms with Gasteiger partial charge in [-0.1, -0.05) is 25.5 Å². The third-order valence-electron chi connectivity index (χ3n) is 3.46. The lowest BCUT2D eigenvalue weighted by Crippen LogP contribution is -1.86. The van der Waals surface area contributed by atoms with E-state index >= 15 is 0 Å². The molecule has 3 unspecified atom stereocenters. The van der Waals surface area contributed by atoms with Crippen LogP contribution >= 0.6 is 0 Å². The van der Waals surface area contributed by atoms with Crippen LogP contribution in [-0.2, 0) is 10.5 Å². The van der Waals surface area contributed by atoms with Gasteiger partial charge in [-0.15, -0.1) is 0 Å². The van der Waals surface area contributed by atoms with E-state index in [1.54, 1.807) is 7.11 Å². The molecule has 3 atom stereocenters. The minimum absolute atomic E-state index is 0.0725. The van der Waals surface area contributed by atoms with Gasteiger partial charge in [0.05, 0.1) is 13.2 Å². The Labute approximate surface area is 109 Å². The first-order chi connectivity index (χ1) is 8.67. The topological polar surface area (TPSA) is 55.7 Å². The van der Waals surface area contributed by atoms with E-state index in [1.807, 2.05) is 24.3 Å². The van der Waals surface area contributed by atoms with E-state index in [9.17, 15) is 8.42 Å². The molecule has 1 fully saturated rings. The van der Waals surface area contributed by atoms with Crippen molar-refractivity contribution < 1.29 is 13.2 Å². The van der Waals surface area contributed by atoms with Gasteiger partial charge in [-0.3, -0.25) is 0 Å². The summed E-state index contributed by atoms with van der Waals surface area (Å²) in [5.74, 6) is 1.42. The summed E-state index contributed by atoms with van der Waals surface area (Å²) < 4.78 is 30.3. The van der Waals surface area contributed by atoms with Crippen molar-refractivity contribution in [1.82, 2.24) is 0 Å². The fourth-order valence-corrected chi connectivity index (χ4v) is 3.04. The Morgan fingerprint density at radius 3 is 2.44 bits per heavy atom. The van der Waals surface area contributed by atoms with Gasteiger partial charge in [0.15, 0.2) is 0 Å². The van der Waals surface area contributed by atoms with Crippen LogP contribution in [0.1, 0.15) is 31.2 Å². The SMILES string of the molecule is CCCC1C(N=S(=O)=O)C1c1ccc(OC)cc1. The third kappa shape index (κ3) is 2.72. The molecular weight excluding hydrogens is 250 g/mol. The summed E-state index contributed by atoms with van der Waals surface area (Å²) in [5.41, 5.74) is 1.15. The van der Waals surface area contributed by atoms with Crippen molar-refractivity contribution in [2.24, 2.45) is 10.3 Å². The predicted octanol–water partition coefficient (Wildman–Crippen LogP) is 2.64. The number of hydrogen-bond donors (Lipinski definition) is 0. The zero-order valence-electron chi connectivity index (χ0n) is 10.5. The van der Waals surface area contributed by atoms with E-state index in [-0.39, 0.29) is 12.0 Å². The van der Waals surface area contributed by atoms with Crippen molar-refractivity contribution in [1.29, 1.82) is 0 Å². The highest BCUT2D eigenvalue weighted by Gasteiger charge is 2.50. The van der Waals surface area contributed by atoms with Crippen molar-refractivity contribution in [3.05, 3.63) is 29.8 Å².